The van der Waals surface area contributed by atoms with Crippen LogP contribution in [-0.4, -0.2) is 21.8 Å². The quantitative estimate of drug-likeness (QED) is 0.587. The summed E-state index contributed by atoms with van der Waals surface area (Å²) in [5.74, 6) is 0.611. The van der Waals surface area contributed by atoms with Gasteiger partial charge in [-0.2, -0.15) is 0 Å². The highest BCUT2D eigenvalue weighted by atomic mass is 16.5. The predicted molar refractivity (Wildman–Crippen MR) is 102 cm³/mol. The Bertz CT molecular complexity index is 824. The Morgan fingerprint density at radius 2 is 2.08 bits per heavy atom. The van der Waals surface area contributed by atoms with Crippen LogP contribution in [0, 0.1) is 0 Å². The molecule has 0 aliphatic carbocycles. The first-order valence-corrected chi connectivity index (χ1v) is 9.20. The monoisotopic (exact) mass is 351 g/mol. The Morgan fingerprint density at radius 3 is 2.92 bits per heavy atom. The van der Waals surface area contributed by atoms with Crippen LogP contribution in [-0.2, 0) is 6.61 Å². The standard InChI is InChI=1S/C21H25N3O2/c1-2-3-4-6-12-22-21(25)17-9-8-10-19(14-17)26-16-18-15-24-13-7-5-11-20(24)23-18/h5,7-11,13-15H,2-4,6,12,16H2,1H3,(H,22,25). The van der Waals surface area contributed by atoms with Crippen molar-refractivity contribution < 1.29 is 9.53 Å². The number of nitrogens with one attached hydrogen (secondary N) is 1. The maximum atomic E-state index is 12.2. The summed E-state index contributed by atoms with van der Waals surface area (Å²) in [6.45, 7) is 3.26. The van der Waals surface area contributed by atoms with Gasteiger partial charge in [-0.15, -0.1) is 0 Å². The largest absolute Gasteiger partial charge is 0.487 e. The molecule has 0 aliphatic heterocycles. The second-order valence-electron chi connectivity index (χ2n) is 6.33. The third-order valence-corrected chi connectivity index (χ3v) is 4.21. The van der Waals surface area contributed by atoms with Gasteiger partial charge in [0.15, 0.2) is 0 Å². The third kappa shape index (κ3) is 4.85. The summed E-state index contributed by atoms with van der Waals surface area (Å²) in [4.78, 5) is 16.7. The number of fused-ring (bicyclic) bond motifs is 1. The van der Waals surface area contributed by atoms with E-state index in [1.807, 2.05) is 47.1 Å². The lowest BCUT2D eigenvalue weighted by molar-refractivity contribution is 0.0952. The lowest BCUT2D eigenvalue weighted by Crippen LogP contribution is -2.24. The second kappa shape index (κ2) is 9.04. The number of benzene rings is 1. The number of aromatic nitrogens is 2. The first kappa shape index (κ1) is 18.0. The smallest absolute Gasteiger partial charge is 0.251 e. The van der Waals surface area contributed by atoms with Crippen LogP contribution in [0.3, 0.4) is 0 Å². The Hall–Kier alpha value is -2.82. The maximum Gasteiger partial charge on any atom is 0.251 e. The fourth-order valence-electron chi connectivity index (χ4n) is 2.80. The van der Waals surface area contributed by atoms with Crippen molar-refractivity contribution in [2.75, 3.05) is 6.54 Å². The molecular weight excluding hydrogens is 326 g/mol. The minimum absolute atomic E-state index is 0.0559. The molecule has 5 heteroatoms. The van der Waals surface area contributed by atoms with Gasteiger partial charge >= 0.3 is 0 Å². The van der Waals surface area contributed by atoms with Gasteiger partial charge in [-0.25, -0.2) is 4.98 Å². The highest BCUT2D eigenvalue weighted by Crippen LogP contribution is 2.15. The van der Waals surface area contributed by atoms with Gasteiger partial charge in [0.25, 0.3) is 5.91 Å². The summed E-state index contributed by atoms with van der Waals surface area (Å²) in [6, 6.07) is 13.1. The van der Waals surface area contributed by atoms with Gasteiger partial charge in [0.2, 0.25) is 0 Å². The van der Waals surface area contributed by atoms with E-state index in [1.54, 1.807) is 12.1 Å². The molecule has 2 heterocycles. The van der Waals surface area contributed by atoms with E-state index in [0.29, 0.717) is 24.5 Å². The Labute approximate surface area is 154 Å². The van der Waals surface area contributed by atoms with Crippen molar-refractivity contribution in [1.29, 1.82) is 0 Å². The molecule has 2 aromatic heterocycles. The molecule has 0 spiro atoms. The molecule has 0 bridgehead atoms. The zero-order chi connectivity index (χ0) is 18.2. The number of nitrogens with zero attached hydrogens (tertiary/aromatic N) is 2. The van der Waals surface area contributed by atoms with E-state index in [-0.39, 0.29) is 5.91 Å². The summed E-state index contributed by atoms with van der Waals surface area (Å²) < 4.78 is 7.77. The fourth-order valence-corrected chi connectivity index (χ4v) is 2.80. The molecule has 0 aliphatic rings. The van der Waals surface area contributed by atoms with Crippen molar-refractivity contribution in [3.05, 3.63) is 66.1 Å². The van der Waals surface area contributed by atoms with Gasteiger partial charge in [0.1, 0.15) is 18.0 Å². The van der Waals surface area contributed by atoms with E-state index in [0.717, 1.165) is 24.2 Å². The van der Waals surface area contributed by atoms with Crippen LogP contribution in [0.2, 0.25) is 0 Å². The van der Waals surface area contributed by atoms with E-state index in [2.05, 4.69) is 17.2 Å². The van der Waals surface area contributed by atoms with Gasteiger partial charge in [0.05, 0.1) is 5.69 Å². The van der Waals surface area contributed by atoms with E-state index in [4.69, 9.17) is 4.74 Å². The molecule has 0 saturated carbocycles. The molecule has 5 nitrogen and oxygen atoms in total. The van der Waals surface area contributed by atoms with Gasteiger partial charge in [0, 0.05) is 24.5 Å². The number of imidazole rings is 1. The molecule has 1 amide bonds. The molecule has 0 fully saturated rings. The lowest BCUT2D eigenvalue weighted by atomic mass is 10.2. The number of hydrogen-bond acceptors (Lipinski definition) is 3. The first-order chi connectivity index (χ1) is 12.8. The number of ether oxygens (including phenoxy) is 1. The van der Waals surface area contributed by atoms with Gasteiger partial charge < -0.3 is 14.5 Å². The van der Waals surface area contributed by atoms with Gasteiger partial charge in [-0.3, -0.25) is 4.79 Å². The van der Waals surface area contributed by atoms with Crippen LogP contribution in [0.4, 0.5) is 0 Å². The summed E-state index contributed by atoms with van der Waals surface area (Å²) in [6.07, 6.45) is 8.48. The molecule has 0 unspecified atom stereocenters. The van der Waals surface area contributed by atoms with E-state index in [1.165, 1.54) is 12.8 Å². The third-order valence-electron chi connectivity index (χ3n) is 4.21. The molecule has 3 rings (SSSR count). The molecule has 26 heavy (non-hydrogen) atoms. The van der Waals surface area contributed by atoms with Crippen molar-refractivity contribution in [1.82, 2.24) is 14.7 Å². The molecule has 0 atom stereocenters. The number of carbonyl (C=O) groups is 1. The minimum Gasteiger partial charge on any atom is -0.487 e. The van der Waals surface area contributed by atoms with Crippen molar-refractivity contribution in [3.63, 3.8) is 0 Å². The van der Waals surface area contributed by atoms with Crippen LogP contribution in [0.15, 0.2) is 54.9 Å². The average Bonchev–Trinajstić information content (AvgIpc) is 3.09. The normalized spacial score (nSPS) is 10.8. The molecule has 136 valence electrons. The first-order valence-electron chi connectivity index (χ1n) is 9.20. The highest BCUT2D eigenvalue weighted by Gasteiger charge is 2.07. The molecule has 0 saturated heterocycles. The number of rotatable bonds is 9. The number of pyridine rings is 1. The number of unbranched alkanes of at least 4 members (excludes halogenated alkanes) is 3. The van der Waals surface area contributed by atoms with Crippen molar-refractivity contribution in [3.8, 4) is 5.75 Å². The van der Waals surface area contributed by atoms with Crippen molar-refractivity contribution >= 4 is 11.6 Å². The summed E-state index contributed by atoms with van der Waals surface area (Å²) >= 11 is 0. The van der Waals surface area contributed by atoms with Crippen LogP contribution >= 0.6 is 0 Å². The second-order valence-corrected chi connectivity index (χ2v) is 6.33. The Morgan fingerprint density at radius 1 is 1.15 bits per heavy atom. The van der Waals surface area contributed by atoms with Gasteiger partial charge in [-0.05, 0) is 36.8 Å². The molecule has 0 radical (unpaired) electrons. The maximum absolute atomic E-state index is 12.2. The zero-order valence-electron chi connectivity index (χ0n) is 15.1. The predicted octanol–water partition coefficient (Wildman–Crippen LogP) is 4.22. The van der Waals surface area contributed by atoms with Crippen LogP contribution in [0.1, 0.15) is 48.7 Å². The van der Waals surface area contributed by atoms with Crippen LogP contribution in [0.5, 0.6) is 5.75 Å². The molecule has 3 aromatic rings. The van der Waals surface area contributed by atoms with Crippen LogP contribution in [0.25, 0.3) is 5.65 Å². The Balaban J connectivity index is 1.54. The summed E-state index contributed by atoms with van der Waals surface area (Å²) in [5, 5.41) is 2.97. The molecular formula is C21H25N3O2. The summed E-state index contributed by atoms with van der Waals surface area (Å²) in [7, 11) is 0. The van der Waals surface area contributed by atoms with Gasteiger partial charge in [-0.1, -0.05) is 38.3 Å². The zero-order valence-corrected chi connectivity index (χ0v) is 15.1. The Kier molecular flexibility index (Phi) is 6.25. The lowest BCUT2D eigenvalue weighted by Gasteiger charge is -2.08. The highest BCUT2D eigenvalue weighted by molar-refractivity contribution is 5.94. The summed E-state index contributed by atoms with van der Waals surface area (Å²) in [5.41, 5.74) is 2.36. The topological polar surface area (TPSA) is 55.6 Å². The number of hydrogen-bond donors (Lipinski definition) is 1. The average molecular weight is 351 g/mol. The fraction of sp³-hybridized carbons (Fsp3) is 0.333. The van der Waals surface area contributed by atoms with E-state index < -0.39 is 0 Å². The van der Waals surface area contributed by atoms with E-state index in [9.17, 15) is 4.79 Å². The van der Waals surface area contributed by atoms with Crippen LogP contribution < -0.4 is 10.1 Å². The number of amides is 1. The van der Waals surface area contributed by atoms with Crippen molar-refractivity contribution in [2.24, 2.45) is 0 Å². The molecule has 1 aromatic carbocycles. The van der Waals surface area contributed by atoms with Crippen molar-refractivity contribution in [2.45, 2.75) is 39.2 Å². The molecule has 1 N–H and O–H groups in total. The van der Waals surface area contributed by atoms with E-state index >= 15 is 0 Å². The minimum atomic E-state index is -0.0559. The number of carbonyl (C=O) groups excluding carboxylic acids is 1. The SMILES string of the molecule is CCCCCCNC(=O)c1cccc(OCc2cn3ccccc3n2)c1.